The van der Waals surface area contributed by atoms with Gasteiger partial charge in [-0.05, 0) is 30.7 Å². The number of aromatic nitrogens is 2. The average molecular weight is 523 g/mol. The lowest BCUT2D eigenvalue weighted by atomic mass is 10.1. The molecule has 1 aromatic heterocycles. The summed E-state index contributed by atoms with van der Waals surface area (Å²) in [5, 5.41) is 14.1. The quantitative estimate of drug-likeness (QED) is 0.431. The Hall–Kier alpha value is -2.91. The van der Waals surface area contributed by atoms with Crippen LogP contribution in [0.1, 0.15) is 37.6 Å². The largest absolute Gasteiger partial charge is 0.493 e. The van der Waals surface area contributed by atoms with E-state index in [1.807, 2.05) is 19.9 Å². The first-order valence-corrected chi connectivity index (χ1v) is 10.9. The Morgan fingerprint density at radius 1 is 1.38 bits per heavy atom. The van der Waals surface area contributed by atoms with E-state index in [0.29, 0.717) is 27.3 Å². The molecule has 0 unspecified atom stereocenters. The molecule has 10 heteroatoms. The van der Waals surface area contributed by atoms with Gasteiger partial charge in [-0.1, -0.05) is 41.4 Å². The fourth-order valence-electron chi connectivity index (χ4n) is 3.02. The molecule has 0 aliphatic rings. The second-order valence-electron chi connectivity index (χ2n) is 7.01. The fourth-order valence-corrected chi connectivity index (χ4v) is 3.60. The molecule has 0 saturated heterocycles. The highest BCUT2D eigenvalue weighted by molar-refractivity contribution is 9.10. The van der Waals surface area contributed by atoms with Crippen LogP contribution in [0, 0.1) is 0 Å². The Labute approximate surface area is 197 Å². The Morgan fingerprint density at radius 3 is 2.78 bits per heavy atom. The van der Waals surface area contributed by atoms with Crippen LogP contribution in [-0.4, -0.2) is 40.7 Å². The van der Waals surface area contributed by atoms with Crippen LogP contribution in [-0.2, 0) is 4.79 Å². The molecule has 3 aromatic rings. The smallest absolute Gasteiger partial charge is 0.341 e. The van der Waals surface area contributed by atoms with Gasteiger partial charge in [-0.15, -0.1) is 0 Å². The number of hydrogen-bond acceptors (Lipinski definition) is 6. The van der Waals surface area contributed by atoms with Gasteiger partial charge in [0.2, 0.25) is 0 Å². The van der Waals surface area contributed by atoms with E-state index in [4.69, 9.17) is 26.2 Å². The summed E-state index contributed by atoms with van der Waals surface area (Å²) in [6.07, 6.45) is 2.13. The number of carbonyl (C=O) groups is 1. The molecule has 0 saturated carbocycles. The highest BCUT2D eigenvalue weighted by Crippen LogP contribution is 2.34. The van der Waals surface area contributed by atoms with Gasteiger partial charge in [-0.3, -0.25) is 4.79 Å². The third-order valence-electron chi connectivity index (χ3n) is 4.81. The van der Waals surface area contributed by atoms with Crippen molar-refractivity contribution in [3.63, 3.8) is 0 Å². The van der Waals surface area contributed by atoms with Crippen LogP contribution in [0.25, 0.3) is 10.9 Å². The summed E-state index contributed by atoms with van der Waals surface area (Å²) in [5.74, 6) is -0.285. The van der Waals surface area contributed by atoms with Gasteiger partial charge in [0.25, 0.3) is 5.56 Å². The Balaban J connectivity index is 2.19. The summed E-state index contributed by atoms with van der Waals surface area (Å²) >= 11 is 9.56. The number of nitrogens with zero attached hydrogens (tertiary/aromatic N) is 3. The van der Waals surface area contributed by atoms with Crippen LogP contribution >= 0.6 is 27.5 Å². The average Bonchev–Trinajstić information content (AvgIpc) is 2.76. The number of carboxylic acids is 1. The Morgan fingerprint density at radius 2 is 2.12 bits per heavy atom. The summed E-state index contributed by atoms with van der Waals surface area (Å²) in [4.78, 5) is 28.9. The lowest BCUT2D eigenvalue weighted by Crippen LogP contribution is -2.23. The normalized spacial score (nSPS) is 12.3. The summed E-state index contributed by atoms with van der Waals surface area (Å²) in [7, 11) is 1.41. The van der Waals surface area contributed by atoms with Gasteiger partial charge in [0.1, 0.15) is 5.82 Å². The first-order valence-electron chi connectivity index (χ1n) is 9.73. The number of ether oxygens (including phenoxy) is 2. The van der Waals surface area contributed by atoms with Crippen LogP contribution in [0.2, 0.25) is 5.02 Å². The van der Waals surface area contributed by atoms with E-state index >= 15 is 0 Å². The number of halogens is 2. The molecule has 0 fully saturated rings. The van der Waals surface area contributed by atoms with E-state index in [1.54, 1.807) is 18.2 Å². The zero-order chi connectivity index (χ0) is 23.4. The van der Waals surface area contributed by atoms with E-state index in [-0.39, 0.29) is 23.0 Å². The molecule has 0 amide bonds. The number of rotatable bonds is 8. The van der Waals surface area contributed by atoms with Gasteiger partial charge in [0.15, 0.2) is 18.1 Å². The number of carboxylic acid groups (broad SMARTS) is 1. The molecule has 0 spiro atoms. The number of hydrogen-bond donors (Lipinski definition) is 1. The second kappa shape index (κ2) is 10.1. The SMILES string of the molecule is CC[C@@H](C)c1nc2ccc(Br)cc2c(=O)n1N=Cc1cc(Cl)cc(OC)c1OCC(=O)O. The number of fused-ring (bicyclic) bond motifs is 1. The van der Waals surface area contributed by atoms with Crippen molar-refractivity contribution in [1.82, 2.24) is 9.66 Å². The highest BCUT2D eigenvalue weighted by Gasteiger charge is 2.17. The Bertz CT molecular complexity index is 1260. The summed E-state index contributed by atoms with van der Waals surface area (Å²) in [6, 6.07) is 8.35. The van der Waals surface area contributed by atoms with Crippen molar-refractivity contribution in [2.45, 2.75) is 26.2 Å². The molecule has 168 valence electrons. The van der Waals surface area contributed by atoms with Gasteiger partial charge in [0.05, 0.1) is 24.2 Å². The molecule has 8 nitrogen and oxygen atoms in total. The minimum atomic E-state index is -1.15. The molecule has 0 aliphatic carbocycles. The molecule has 3 rings (SSSR count). The number of benzene rings is 2. The highest BCUT2D eigenvalue weighted by atomic mass is 79.9. The molecule has 32 heavy (non-hydrogen) atoms. The predicted octanol–water partition coefficient (Wildman–Crippen LogP) is 4.68. The minimum Gasteiger partial charge on any atom is -0.493 e. The van der Waals surface area contributed by atoms with E-state index in [9.17, 15) is 9.59 Å². The minimum absolute atomic E-state index is 0.0375. The van der Waals surface area contributed by atoms with Crippen LogP contribution in [0.5, 0.6) is 11.5 Å². The summed E-state index contributed by atoms with van der Waals surface area (Å²) in [5.41, 5.74) is 0.603. The molecule has 0 radical (unpaired) electrons. The van der Waals surface area contributed by atoms with Gasteiger partial charge < -0.3 is 14.6 Å². The standard InChI is InChI=1S/C22H21BrClN3O5/c1-4-12(2)21-26-17-6-5-14(23)8-16(17)22(30)27(21)25-10-13-7-15(24)9-18(31-3)20(13)32-11-19(28)29/h5-10,12H,4,11H2,1-3H3,(H,28,29)/t12-/m1/s1. The van der Waals surface area contributed by atoms with Crippen molar-refractivity contribution in [3.05, 3.63) is 61.6 Å². The molecular weight excluding hydrogens is 502 g/mol. The lowest BCUT2D eigenvalue weighted by molar-refractivity contribution is -0.139. The predicted molar refractivity (Wildman–Crippen MR) is 127 cm³/mol. The molecule has 0 aliphatic heterocycles. The van der Waals surface area contributed by atoms with E-state index < -0.39 is 12.6 Å². The second-order valence-corrected chi connectivity index (χ2v) is 8.36. The molecule has 1 N–H and O–H groups in total. The first-order chi connectivity index (χ1) is 15.2. The lowest BCUT2D eigenvalue weighted by Gasteiger charge is -2.15. The Kier molecular flexibility index (Phi) is 7.52. The first kappa shape index (κ1) is 23.7. The van der Waals surface area contributed by atoms with Crippen LogP contribution in [0.15, 0.2) is 44.7 Å². The number of aliphatic carboxylic acids is 1. The maximum Gasteiger partial charge on any atom is 0.341 e. The van der Waals surface area contributed by atoms with Gasteiger partial charge in [-0.2, -0.15) is 9.78 Å². The van der Waals surface area contributed by atoms with Crippen molar-refractivity contribution >= 4 is 50.6 Å². The monoisotopic (exact) mass is 521 g/mol. The van der Waals surface area contributed by atoms with E-state index in [2.05, 4.69) is 26.0 Å². The van der Waals surface area contributed by atoms with Crippen molar-refractivity contribution in [1.29, 1.82) is 0 Å². The maximum atomic E-state index is 13.3. The third kappa shape index (κ3) is 5.11. The van der Waals surface area contributed by atoms with Crippen molar-refractivity contribution < 1.29 is 19.4 Å². The summed E-state index contributed by atoms with van der Waals surface area (Å²) < 4.78 is 12.7. The van der Waals surface area contributed by atoms with Gasteiger partial charge in [-0.25, -0.2) is 9.78 Å². The molecular formula is C22H21BrClN3O5. The zero-order valence-corrected chi connectivity index (χ0v) is 20.0. The molecule has 1 atom stereocenters. The fraction of sp³-hybridized carbons (Fsp3) is 0.273. The van der Waals surface area contributed by atoms with Gasteiger partial charge >= 0.3 is 5.97 Å². The third-order valence-corrected chi connectivity index (χ3v) is 5.52. The van der Waals surface area contributed by atoms with Crippen LogP contribution in [0.4, 0.5) is 0 Å². The van der Waals surface area contributed by atoms with Crippen LogP contribution in [0.3, 0.4) is 0 Å². The molecule has 1 heterocycles. The van der Waals surface area contributed by atoms with Crippen molar-refractivity contribution in [3.8, 4) is 11.5 Å². The van der Waals surface area contributed by atoms with Crippen molar-refractivity contribution in [2.75, 3.05) is 13.7 Å². The molecule has 2 aromatic carbocycles. The summed E-state index contributed by atoms with van der Waals surface area (Å²) in [6.45, 7) is 3.38. The van der Waals surface area contributed by atoms with E-state index in [0.717, 1.165) is 10.9 Å². The topological polar surface area (TPSA) is 103 Å². The van der Waals surface area contributed by atoms with Crippen LogP contribution < -0.4 is 15.0 Å². The van der Waals surface area contributed by atoms with E-state index in [1.165, 1.54) is 24.1 Å². The van der Waals surface area contributed by atoms with Gasteiger partial charge in [0, 0.05) is 27.0 Å². The zero-order valence-electron chi connectivity index (χ0n) is 17.6. The molecule has 0 bridgehead atoms. The number of methoxy groups -OCH3 is 1. The maximum absolute atomic E-state index is 13.3. The van der Waals surface area contributed by atoms with Crippen molar-refractivity contribution in [2.24, 2.45) is 5.10 Å².